The van der Waals surface area contributed by atoms with E-state index in [0.29, 0.717) is 56.3 Å². The number of alkyl halides is 3. The van der Waals surface area contributed by atoms with E-state index in [0.717, 1.165) is 31.5 Å². The number of carbonyl (C=O) groups excluding carboxylic acids is 1. The summed E-state index contributed by atoms with van der Waals surface area (Å²) in [5, 5.41) is 14.1. The van der Waals surface area contributed by atoms with Crippen LogP contribution in [0.2, 0.25) is 0 Å². The highest BCUT2D eigenvalue weighted by atomic mass is 19.4. The van der Waals surface area contributed by atoms with Crippen LogP contribution in [0.1, 0.15) is 65.6 Å². The van der Waals surface area contributed by atoms with E-state index < -0.39 is 11.9 Å². The van der Waals surface area contributed by atoms with Crippen LogP contribution in [0.3, 0.4) is 0 Å². The molecule has 0 atom stereocenters. The van der Waals surface area contributed by atoms with Gasteiger partial charge >= 0.3 is 6.18 Å². The van der Waals surface area contributed by atoms with Crippen molar-refractivity contribution in [1.82, 2.24) is 24.6 Å². The molecule has 4 heterocycles. The summed E-state index contributed by atoms with van der Waals surface area (Å²) in [4.78, 5) is 21.9. The van der Waals surface area contributed by atoms with Crippen molar-refractivity contribution in [2.45, 2.75) is 56.7 Å². The van der Waals surface area contributed by atoms with Crippen molar-refractivity contribution in [1.29, 1.82) is 5.26 Å². The van der Waals surface area contributed by atoms with Crippen LogP contribution in [0.5, 0.6) is 0 Å². The highest BCUT2D eigenvalue weighted by molar-refractivity contribution is 5.87. The molecule has 8 nitrogen and oxygen atoms in total. The first kappa shape index (κ1) is 27.2. The third-order valence-corrected chi connectivity index (χ3v) is 8.67. The molecular formula is C28H34F3N7O. The summed E-state index contributed by atoms with van der Waals surface area (Å²) < 4.78 is 44.2. The summed E-state index contributed by atoms with van der Waals surface area (Å²) in [5.74, 6) is 0.387. The fourth-order valence-corrected chi connectivity index (χ4v) is 6.46. The summed E-state index contributed by atoms with van der Waals surface area (Å²) in [5.41, 5.74) is 1.33. The number of nitriles is 1. The molecule has 39 heavy (non-hydrogen) atoms. The van der Waals surface area contributed by atoms with Crippen molar-refractivity contribution in [2.75, 3.05) is 44.2 Å². The van der Waals surface area contributed by atoms with E-state index in [9.17, 15) is 23.2 Å². The largest absolute Gasteiger partial charge is 0.434 e. The van der Waals surface area contributed by atoms with Crippen LogP contribution in [-0.4, -0.2) is 75.8 Å². The standard InChI is InChI=1S/C28H34F3N7O/c1-4-25(39)38-11-9-36(10-12-38)21-13-20(14-21)22-15-24(34-27(23(22)16-32)28(29,30)31)37-7-5-19(6-8-37)26-18(2)17-33-35(26)3/h4,15,17,19-21H,1,5-14H2,2-3H3/t20-,21-. The summed E-state index contributed by atoms with van der Waals surface area (Å²) >= 11 is 0. The number of hydrogen-bond acceptors (Lipinski definition) is 6. The van der Waals surface area contributed by atoms with Gasteiger partial charge in [-0.3, -0.25) is 14.4 Å². The van der Waals surface area contributed by atoms with E-state index in [1.54, 1.807) is 11.0 Å². The van der Waals surface area contributed by atoms with Gasteiger partial charge in [0, 0.05) is 64.0 Å². The first-order valence-electron chi connectivity index (χ1n) is 13.5. The third-order valence-electron chi connectivity index (χ3n) is 8.67. The molecule has 208 valence electrons. The van der Waals surface area contributed by atoms with Gasteiger partial charge in [-0.2, -0.15) is 23.5 Å². The fraction of sp³-hybridized carbons (Fsp3) is 0.571. The molecule has 1 saturated carbocycles. The average Bonchev–Trinajstić information content (AvgIpc) is 3.24. The molecule has 0 aromatic carbocycles. The van der Waals surface area contributed by atoms with Gasteiger partial charge in [0.25, 0.3) is 0 Å². The van der Waals surface area contributed by atoms with Crippen molar-refractivity contribution in [2.24, 2.45) is 7.05 Å². The summed E-state index contributed by atoms with van der Waals surface area (Å²) in [6.07, 6.45) is 1.42. The molecule has 1 aliphatic carbocycles. The molecule has 0 unspecified atom stereocenters. The van der Waals surface area contributed by atoms with Crippen LogP contribution in [0.25, 0.3) is 0 Å². The second-order valence-electron chi connectivity index (χ2n) is 10.9. The quantitative estimate of drug-likeness (QED) is 0.533. The lowest BCUT2D eigenvalue weighted by atomic mass is 9.73. The van der Waals surface area contributed by atoms with E-state index in [-0.39, 0.29) is 23.4 Å². The molecule has 2 saturated heterocycles. The van der Waals surface area contributed by atoms with E-state index in [2.05, 4.69) is 21.6 Å². The molecule has 0 N–H and O–H groups in total. The minimum atomic E-state index is -4.71. The SMILES string of the molecule is C=CC(=O)N1CCN([C@H]2C[C@H](c3cc(N4CCC(c5c(C)cnn5C)CC4)nc(C(F)(F)F)c3C#N)C2)CC1. The van der Waals surface area contributed by atoms with E-state index >= 15 is 0 Å². The van der Waals surface area contributed by atoms with Crippen LogP contribution in [-0.2, 0) is 18.0 Å². The molecule has 0 radical (unpaired) electrons. The number of hydrogen-bond donors (Lipinski definition) is 0. The summed E-state index contributed by atoms with van der Waals surface area (Å²) in [6.45, 7) is 9.43. The van der Waals surface area contributed by atoms with Gasteiger partial charge in [-0.1, -0.05) is 6.58 Å². The maximum Gasteiger partial charge on any atom is 0.434 e. The molecule has 0 bridgehead atoms. The van der Waals surface area contributed by atoms with Gasteiger partial charge in [-0.15, -0.1) is 0 Å². The van der Waals surface area contributed by atoms with Crippen LogP contribution in [0, 0.1) is 18.3 Å². The van der Waals surface area contributed by atoms with Gasteiger partial charge in [0.1, 0.15) is 11.9 Å². The summed E-state index contributed by atoms with van der Waals surface area (Å²) in [6, 6.07) is 3.78. The van der Waals surface area contributed by atoms with E-state index in [1.807, 2.05) is 35.8 Å². The first-order valence-corrected chi connectivity index (χ1v) is 13.5. The zero-order valence-corrected chi connectivity index (χ0v) is 22.4. The van der Waals surface area contributed by atoms with Crippen molar-refractivity contribution < 1.29 is 18.0 Å². The monoisotopic (exact) mass is 541 g/mol. The molecule has 11 heteroatoms. The number of aryl methyl sites for hydroxylation is 2. The maximum atomic E-state index is 14.1. The van der Waals surface area contributed by atoms with Crippen molar-refractivity contribution in [3.05, 3.63) is 53.0 Å². The van der Waals surface area contributed by atoms with Crippen LogP contribution < -0.4 is 4.90 Å². The highest BCUT2D eigenvalue weighted by Crippen LogP contribution is 2.45. The number of anilines is 1. The lowest BCUT2D eigenvalue weighted by Gasteiger charge is -2.47. The van der Waals surface area contributed by atoms with E-state index in [1.165, 1.54) is 11.8 Å². The van der Waals surface area contributed by atoms with Crippen LogP contribution in [0.4, 0.5) is 19.0 Å². The Hall–Kier alpha value is -3.39. The van der Waals surface area contributed by atoms with Crippen molar-refractivity contribution >= 4 is 11.7 Å². The van der Waals surface area contributed by atoms with Gasteiger partial charge in [-0.05, 0) is 61.8 Å². The number of halogens is 3. The molecule has 3 aliphatic rings. The highest BCUT2D eigenvalue weighted by Gasteiger charge is 2.42. The number of aromatic nitrogens is 3. The second-order valence-corrected chi connectivity index (χ2v) is 10.9. The zero-order chi connectivity index (χ0) is 27.9. The Balaban J connectivity index is 1.32. The number of pyridine rings is 1. The number of carbonyl (C=O) groups is 1. The predicted molar refractivity (Wildman–Crippen MR) is 140 cm³/mol. The normalized spacial score (nSPS) is 22.9. The number of nitrogens with zero attached hydrogens (tertiary/aromatic N) is 7. The molecule has 1 amide bonds. The van der Waals surface area contributed by atoms with Gasteiger partial charge in [0.15, 0.2) is 5.69 Å². The molecule has 2 aromatic rings. The fourth-order valence-electron chi connectivity index (χ4n) is 6.46. The lowest BCUT2D eigenvalue weighted by molar-refractivity contribution is -0.141. The number of rotatable bonds is 5. The Morgan fingerprint density at radius 2 is 1.79 bits per heavy atom. The Morgan fingerprint density at radius 1 is 1.13 bits per heavy atom. The molecule has 2 aromatic heterocycles. The second kappa shape index (κ2) is 10.6. The Morgan fingerprint density at radius 3 is 2.33 bits per heavy atom. The molecule has 3 fully saturated rings. The lowest BCUT2D eigenvalue weighted by Crippen LogP contribution is -2.54. The van der Waals surface area contributed by atoms with E-state index in [4.69, 9.17) is 0 Å². The first-order chi connectivity index (χ1) is 18.6. The summed E-state index contributed by atoms with van der Waals surface area (Å²) in [7, 11) is 1.92. The van der Waals surface area contributed by atoms with Crippen molar-refractivity contribution in [3.63, 3.8) is 0 Å². The third kappa shape index (κ3) is 5.26. The zero-order valence-electron chi connectivity index (χ0n) is 22.4. The van der Waals surface area contributed by atoms with Crippen LogP contribution >= 0.6 is 0 Å². The molecular weight excluding hydrogens is 507 g/mol. The Bertz CT molecular complexity index is 1260. The topological polar surface area (TPSA) is 81.3 Å². The number of piperazine rings is 1. The van der Waals surface area contributed by atoms with Gasteiger partial charge in [0.2, 0.25) is 5.91 Å². The Labute approximate surface area is 226 Å². The predicted octanol–water partition coefficient (Wildman–Crippen LogP) is 3.97. The molecule has 0 spiro atoms. The average molecular weight is 542 g/mol. The van der Waals surface area contributed by atoms with Crippen LogP contribution in [0.15, 0.2) is 24.9 Å². The number of piperidine rings is 1. The maximum absolute atomic E-state index is 14.1. The van der Waals surface area contributed by atoms with Gasteiger partial charge < -0.3 is 9.80 Å². The van der Waals surface area contributed by atoms with Gasteiger partial charge in [0.05, 0.1) is 11.8 Å². The number of amides is 1. The smallest absolute Gasteiger partial charge is 0.357 e. The minimum absolute atomic E-state index is 0.0803. The van der Waals surface area contributed by atoms with Crippen molar-refractivity contribution in [3.8, 4) is 6.07 Å². The minimum Gasteiger partial charge on any atom is -0.357 e. The van der Waals surface area contributed by atoms with Gasteiger partial charge in [-0.25, -0.2) is 4.98 Å². The molecule has 5 rings (SSSR count). The Kier molecular flexibility index (Phi) is 7.42. The molecule has 2 aliphatic heterocycles.